The summed E-state index contributed by atoms with van der Waals surface area (Å²) in [4.78, 5) is 26.8. The lowest BCUT2D eigenvalue weighted by molar-refractivity contribution is -0.145. The minimum Gasteiger partial charge on any atom is -0.480 e. The molecule has 104 valence electrons. The molecule has 0 saturated carbocycles. The van der Waals surface area contributed by atoms with Crippen LogP contribution in [-0.4, -0.2) is 45.5 Å². The molecule has 1 aromatic rings. The summed E-state index contributed by atoms with van der Waals surface area (Å²) in [5, 5.41) is 16.1. The lowest BCUT2D eigenvalue weighted by Gasteiger charge is -2.17. The molecule has 0 spiro atoms. The summed E-state index contributed by atoms with van der Waals surface area (Å²) in [5.41, 5.74) is 0.853. The van der Waals surface area contributed by atoms with Gasteiger partial charge in [-0.05, 0) is 6.92 Å². The third-order valence-corrected chi connectivity index (χ3v) is 3.62. The predicted molar refractivity (Wildman–Crippen MR) is 76.8 cm³/mol. The van der Waals surface area contributed by atoms with Crippen LogP contribution >= 0.6 is 24.0 Å². The normalized spacial score (nSPS) is 12.6. The second-order valence-electron chi connectivity index (χ2n) is 3.94. The average Bonchev–Trinajstić information content (AvgIpc) is 2.78. The number of carboxylic acids is 1. The molecule has 1 rings (SSSR count). The maximum absolute atomic E-state index is 11.9. The Morgan fingerprint density at radius 2 is 2.37 bits per heavy atom. The highest BCUT2D eigenvalue weighted by Gasteiger charge is 2.21. The molecule has 8 heteroatoms. The Kier molecular flexibility index (Phi) is 5.97. The first-order chi connectivity index (χ1) is 8.93. The summed E-state index contributed by atoms with van der Waals surface area (Å²) in [6.45, 7) is 3.04. The number of aromatic nitrogens is 1. The molecular formula is C11H15N3O3S2. The van der Waals surface area contributed by atoms with Crippen molar-refractivity contribution < 1.29 is 14.7 Å². The minimum absolute atomic E-state index is 0.334. The molecule has 0 aliphatic heterocycles. The molecule has 1 aromatic heterocycles. The highest BCUT2D eigenvalue weighted by molar-refractivity contribution is 7.80. The summed E-state index contributed by atoms with van der Waals surface area (Å²) in [7, 11) is 0. The van der Waals surface area contributed by atoms with E-state index in [1.54, 1.807) is 6.92 Å². The smallest absolute Gasteiger partial charge is 0.325 e. The number of hydrazone groups is 1. The summed E-state index contributed by atoms with van der Waals surface area (Å²) in [6, 6.07) is 0. The molecule has 1 heterocycles. The van der Waals surface area contributed by atoms with Gasteiger partial charge in [-0.25, -0.2) is 9.99 Å². The lowest BCUT2D eigenvalue weighted by Crippen LogP contribution is -2.35. The molecule has 19 heavy (non-hydrogen) atoms. The first-order valence-electron chi connectivity index (χ1n) is 5.54. The molecule has 1 atom stereocenters. The summed E-state index contributed by atoms with van der Waals surface area (Å²) < 4.78 is 0. The number of carbonyl (C=O) groups excluding carboxylic acids is 1. The Morgan fingerprint density at radius 1 is 1.68 bits per heavy atom. The van der Waals surface area contributed by atoms with E-state index in [1.807, 2.05) is 12.3 Å². The number of amides is 1. The molecule has 1 N–H and O–H groups in total. The van der Waals surface area contributed by atoms with Gasteiger partial charge in [0, 0.05) is 22.7 Å². The number of carbonyl (C=O) groups is 2. The van der Waals surface area contributed by atoms with E-state index >= 15 is 0 Å². The molecule has 1 unspecified atom stereocenters. The number of rotatable bonds is 6. The predicted octanol–water partition coefficient (Wildman–Crippen LogP) is 1.26. The zero-order valence-electron chi connectivity index (χ0n) is 10.6. The molecule has 0 radical (unpaired) electrons. The van der Waals surface area contributed by atoms with Crippen LogP contribution in [-0.2, 0) is 9.59 Å². The van der Waals surface area contributed by atoms with E-state index in [-0.39, 0.29) is 5.91 Å². The van der Waals surface area contributed by atoms with Gasteiger partial charge < -0.3 is 5.11 Å². The first kappa shape index (κ1) is 15.6. The Balaban J connectivity index is 2.82. The maximum Gasteiger partial charge on any atom is 0.325 e. The van der Waals surface area contributed by atoms with Crippen LogP contribution in [0.15, 0.2) is 10.5 Å². The molecule has 0 aromatic carbocycles. The monoisotopic (exact) mass is 301 g/mol. The van der Waals surface area contributed by atoms with Crippen molar-refractivity contribution in [3.05, 3.63) is 16.1 Å². The molecular weight excluding hydrogens is 286 g/mol. The molecule has 6 nitrogen and oxygen atoms in total. The van der Waals surface area contributed by atoms with Crippen molar-refractivity contribution in [1.29, 1.82) is 0 Å². The van der Waals surface area contributed by atoms with Gasteiger partial charge in [-0.15, -0.1) is 11.3 Å². The molecule has 1 amide bonds. The van der Waals surface area contributed by atoms with E-state index in [4.69, 9.17) is 5.11 Å². The van der Waals surface area contributed by atoms with Crippen molar-refractivity contribution in [2.24, 2.45) is 11.0 Å². The standard InChI is InChI=1S/C11H15N3O3S2/c1-7(5-18)11(17)14(4-10(15)16)12-3-9-13-8(2)6-19-9/h3,6-7,18H,4-5H2,1-2H3,(H,15,16)/b12-3+. The van der Waals surface area contributed by atoms with E-state index in [1.165, 1.54) is 17.6 Å². The van der Waals surface area contributed by atoms with Crippen LogP contribution in [0.3, 0.4) is 0 Å². The van der Waals surface area contributed by atoms with Gasteiger partial charge in [0.05, 0.1) is 6.21 Å². The van der Waals surface area contributed by atoms with Gasteiger partial charge >= 0.3 is 5.97 Å². The van der Waals surface area contributed by atoms with E-state index in [2.05, 4.69) is 22.7 Å². The van der Waals surface area contributed by atoms with Crippen LogP contribution < -0.4 is 0 Å². The van der Waals surface area contributed by atoms with Crippen molar-refractivity contribution >= 4 is 42.1 Å². The van der Waals surface area contributed by atoms with Gasteiger partial charge in [0.25, 0.3) is 0 Å². The van der Waals surface area contributed by atoms with Crippen molar-refractivity contribution in [3.8, 4) is 0 Å². The van der Waals surface area contributed by atoms with Crippen LogP contribution in [0.2, 0.25) is 0 Å². The number of hydrogen-bond donors (Lipinski definition) is 2. The SMILES string of the molecule is Cc1csc(/C=N/N(CC(=O)O)C(=O)C(C)CS)n1. The fourth-order valence-electron chi connectivity index (χ4n) is 1.19. The van der Waals surface area contributed by atoms with Crippen LogP contribution in [0.5, 0.6) is 0 Å². The zero-order valence-corrected chi connectivity index (χ0v) is 12.3. The Morgan fingerprint density at radius 3 is 2.84 bits per heavy atom. The molecule has 0 aliphatic carbocycles. The number of aryl methyl sites for hydroxylation is 1. The largest absolute Gasteiger partial charge is 0.480 e. The van der Waals surface area contributed by atoms with E-state index in [9.17, 15) is 9.59 Å². The summed E-state index contributed by atoms with van der Waals surface area (Å²) in [5.74, 6) is -1.55. The fraction of sp³-hybridized carbons (Fsp3) is 0.455. The molecule has 0 bridgehead atoms. The van der Waals surface area contributed by atoms with Gasteiger partial charge in [-0.1, -0.05) is 6.92 Å². The Hall–Kier alpha value is -1.41. The van der Waals surface area contributed by atoms with Gasteiger partial charge in [-0.2, -0.15) is 17.7 Å². The summed E-state index contributed by atoms with van der Waals surface area (Å²) >= 11 is 5.40. The van der Waals surface area contributed by atoms with Gasteiger partial charge in [0.1, 0.15) is 11.6 Å². The zero-order chi connectivity index (χ0) is 14.4. The lowest BCUT2D eigenvalue weighted by atomic mass is 10.2. The van der Waals surface area contributed by atoms with E-state index in [0.29, 0.717) is 10.8 Å². The number of hydrogen-bond acceptors (Lipinski definition) is 6. The van der Waals surface area contributed by atoms with Crippen molar-refractivity contribution in [2.75, 3.05) is 12.3 Å². The third-order valence-electron chi connectivity index (χ3n) is 2.18. The highest BCUT2D eigenvalue weighted by Crippen LogP contribution is 2.08. The number of thiazole rings is 1. The topological polar surface area (TPSA) is 82.9 Å². The second kappa shape index (κ2) is 7.25. The van der Waals surface area contributed by atoms with Crippen LogP contribution in [0.25, 0.3) is 0 Å². The Labute approximate surface area is 120 Å². The van der Waals surface area contributed by atoms with Crippen LogP contribution in [0.4, 0.5) is 0 Å². The van der Waals surface area contributed by atoms with Crippen LogP contribution in [0.1, 0.15) is 17.6 Å². The second-order valence-corrected chi connectivity index (χ2v) is 5.20. The van der Waals surface area contributed by atoms with Crippen LogP contribution in [0, 0.1) is 12.8 Å². The van der Waals surface area contributed by atoms with Crippen molar-refractivity contribution in [3.63, 3.8) is 0 Å². The molecule has 0 saturated heterocycles. The Bertz CT molecular complexity index is 487. The van der Waals surface area contributed by atoms with Gasteiger partial charge in [0.2, 0.25) is 5.91 Å². The van der Waals surface area contributed by atoms with Crippen molar-refractivity contribution in [1.82, 2.24) is 9.99 Å². The molecule has 0 aliphatic rings. The minimum atomic E-state index is -1.12. The average molecular weight is 301 g/mol. The van der Waals surface area contributed by atoms with Crippen molar-refractivity contribution in [2.45, 2.75) is 13.8 Å². The third kappa shape index (κ3) is 4.99. The first-order valence-corrected chi connectivity index (χ1v) is 7.05. The number of nitrogens with zero attached hydrogens (tertiary/aromatic N) is 3. The van der Waals surface area contributed by atoms with E-state index in [0.717, 1.165) is 10.7 Å². The number of aliphatic carboxylic acids is 1. The maximum atomic E-state index is 11.9. The molecule has 0 fully saturated rings. The number of thiol groups is 1. The fourth-order valence-corrected chi connectivity index (χ4v) is 1.99. The number of carboxylic acid groups (broad SMARTS) is 1. The highest BCUT2D eigenvalue weighted by atomic mass is 32.1. The van der Waals surface area contributed by atoms with Gasteiger partial charge in [0.15, 0.2) is 0 Å². The quantitative estimate of drug-likeness (QED) is 0.471. The van der Waals surface area contributed by atoms with E-state index < -0.39 is 18.4 Å². The van der Waals surface area contributed by atoms with Gasteiger partial charge in [-0.3, -0.25) is 9.59 Å². The summed E-state index contributed by atoms with van der Waals surface area (Å²) in [6.07, 6.45) is 1.39.